The second-order valence-corrected chi connectivity index (χ2v) is 9.82. The lowest BCUT2D eigenvalue weighted by Crippen LogP contribution is -2.68. The average Bonchev–Trinajstić information content (AvgIpc) is 2.67. The normalized spacial score (nSPS) is 46.1. The third-order valence-corrected chi connectivity index (χ3v) is 7.18. The Morgan fingerprint density at radius 3 is 2.00 bits per heavy atom. The summed E-state index contributed by atoms with van der Waals surface area (Å²) >= 11 is 0. The molecule has 3 rings (SSSR count). The Hall–Kier alpha value is -0.160. The van der Waals surface area contributed by atoms with Crippen molar-refractivity contribution in [2.24, 2.45) is 16.7 Å². The van der Waals surface area contributed by atoms with Gasteiger partial charge in [0, 0.05) is 18.5 Å². The van der Waals surface area contributed by atoms with E-state index in [1.165, 1.54) is 0 Å². The van der Waals surface area contributed by atoms with Crippen molar-refractivity contribution in [2.45, 2.75) is 84.6 Å². The highest BCUT2D eigenvalue weighted by Crippen LogP contribution is 2.66. The molecule has 2 aliphatic carbocycles. The Morgan fingerprint density at radius 1 is 1.00 bits per heavy atom. The molecule has 1 heterocycles. The van der Waals surface area contributed by atoms with Crippen molar-refractivity contribution in [3.63, 3.8) is 0 Å². The van der Waals surface area contributed by atoms with Crippen molar-refractivity contribution in [2.75, 3.05) is 13.1 Å². The predicted molar refractivity (Wildman–Crippen MR) is 88.4 cm³/mol. The van der Waals surface area contributed by atoms with Gasteiger partial charge in [-0.3, -0.25) is 4.84 Å². The fourth-order valence-electron chi connectivity index (χ4n) is 5.42. The molecule has 3 fully saturated rings. The molecule has 0 spiro atoms. The fraction of sp³-hybridized carbons (Fsp3) is 1.00. The number of hydrogen-bond donors (Lipinski definition) is 2. The zero-order valence-electron chi connectivity index (χ0n) is 15.4. The Balaban J connectivity index is 1.87. The molecule has 0 amide bonds. The number of fused-ring (bicyclic) bond motifs is 2. The molecule has 1 saturated heterocycles. The van der Waals surface area contributed by atoms with Gasteiger partial charge in [0.2, 0.25) is 0 Å². The molecule has 128 valence electrons. The van der Waals surface area contributed by atoms with Crippen molar-refractivity contribution in [1.29, 1.82) is 0 Å². The van der Waals surface area contributed by atoms with Crippen LogP contribution in [0.25, 0.3) is 0 Å². The van der Waals surface area contributed by atoms with Gasteiger partial charge in [0.1, 0.15) is 6.10 Å². The van der Waals surface area contributed by atoms with Crippen LogP contribution in [0.4, 0.5) is 0 Å². The lowest BCUT2D eigenvalue weighted by molar-refractivity contribution is -0.320. The maximum Gasteiger partial charge on any atom is 0.109 e. The van der Waals surface area contributed by atoms with E-state index in [9.17, 15) is 5.11 Å². The SMILES string of the molecule is CC1(C)CNCC(C)(C)N1O[C@@H]1[C@H]2CC[C@@](C)([C@@H]1O)C2(C)C. The molecule has 3 aliphatic rings. The van der Waals surface area contributed by atoms with Gasteiger partial charge < -0.3 is 10.4 Å². The summed E-state index contributed by atoms with van der Waals surface area (Å²) in [6, 6.07) is 0. The number of aliphatic hydroxyl groups excluding tert-OH is 1. The quantitative estimate of drug-likeness (QED) is 0.823. The molecule has 0 radical (unpaired) electrons. The summed E-state index contributed by atoms with van der Waals surface area (Å²) in [6.07, 6.45) is 1.83. The van der Waals surface area contributed by atoms with E-state index in [2.05, 4.69) is 58.8 Å². The third-order valence-electron chi connectivity index (χ3n) is 7.18. The minimum atomic E-state index is -0.372. The second kappa shape index (κ2) is 4.69. The lowest BCUT2D eigenvalue weighted by Gasteiger charge is -2.53. The van der Waals surface area contributed by atoms with E-state index < -0.39 is 0 Å². The number of hydroxylamine groups is 2. The van der Waals surface area contributed by atoms with Crippen LogP contribution in [0.2, 0.25) is 0 Å². The largest absolute Gasteiger partial charge is 0.390 e. The topological polar surface area (TPSA) is 44.7 Å². The number of piperazine rings is 1. The smallest absolute Gasteiger partial charge is 0.109 e. The van der Waals surface area contributed by atoms with Crippen LogP contribution in [-0.4, -0.2) is 46.5 Å². The molecule has 0 aromatic rings. The van der Waals surface area contributed by atoms with Crippen LogP contribution in [0.5, 0.6) is 0 Å². The molecule has 22 heavy (non-hydrogen) atoms. The zero-order chi connectivity index (χ0) is 16.6. The first-order valence-electron chi connectivity index (χ1n) is 8.79. The second-order valence-electron chi connectivity index (χ2n) is 9.82. The maximum atomic E-state index is 11.0. The molecule has 2 N–H and O–H groups in total. The molecule has 0 aromatic heterocycles. The highest BCUT2D eigenvalue weighted by molar-refractivity contribution is 5.15. The summed E-state index contributed by atoms with van der Waals surface area (Å²) in [6.45, 7) is 17.5. The molecule has 0 aromatic carbocycles. The first-order valence-corrected chi connectivity index (χ1v) is 8.79. The summed E-state index contributed by atoms with van der Waals surface area (Å²) in [5.41, 5.74) is -0.0350. The molecule has 4 heteroatoms. The Labute approximate surface area is 135 Å². The fourth-order valence-corrected chi connectivity index (χ4v) is 5.42. The Morgan fingerprint density at radius 2 is 1.55 bits per heavy atom. The standard InChI is InChI=1S/C18H34N2O2/c1-15(2)10-19-11-16(3,4)20(15)22-13-12-8-9-18(7,14(13)21)17(12,5)6/h12-14,19,21H,8-11H2,1-7H3/t12-,13-,14-,18+/m1/s1. The van der Waals surface area contributed by atoms with Crippen LogP contribution >= 0.6 is 0 Å². The van der Waals surface area contributed by atoms with Gasteiger partial charge in [0.05, 0.1) is 17.2 Å². The van der Waals surface area contributed by atoms with Crippen LogP contribution in [0.3, 0.4) is 0 Å². The highest BCUT2D eigenvalue weighted by Gasteiger charge is 2.67. The van der Waals surface area contributed by atoms with Crippen LogP contribution in [0.1, 0.15) is 61.3 Å². The van der Waals surface area contributed by atoms with Gasteiger partial charge in [0.15, 0.2) is 0 Å². The first kappa shape index (κ1) is 16.7. The summed E-state index contributed by atoms with van der Waals surface area (Å²) in [4.78, 5) is 6.57. The molecule has 1 aliphatic heterocycles. The molecule has 0 unspecified atom stereocenters. The van der Waals surface area contributed by atoms with Gasteiger partial charge in [-0.2, -0.15) is 5.06 Å². The van der Waals surface area contributed by atoms with Gasteiger partial charge in [-0.05, 0) is 51.9 Å². The Bertz CT molecular complexity index is 444. The molecule has 4 nitrogen and oxygen atoms in total. The number of nitrogens with zero attached hydrogens (tertiary/aromatic N) is 1. The van der Waals surface area contributed by atoms with E-state index in [0.717, 1.165) is 25.9 Å². The van der Waals surface area contributed by atoms with E-state index in [0.29, 0.717) is 5.92 Å². The van der Waals surface area contributed by atoms with Crippen molar-refractivity contribution in [3.8, 4) is 0 Å². The summed E-state index contributed by atoms with van der Waals surface area (Å²) in [7, 11) is 0. The van der Waals surface area contributed by atoms with Gasteiger partial charge >= 0.3 is 0 Å². The van der Waals surface area contributed by atoms with E-state index in [1.54, 1.807) is 0 Å². The third kappa shape index (κ3) is 2.03. The van der Waals surface area contributed by atoms with Crippen molar-refractivity contribution >= 4 is 0 Å². The van der Waals surface area contributed by atoms with Gasteiger partial charge in [-0.15, -0.1) is 0 Å². The monoisotopic (exact) mass is 310 g/mol. The van der Waals surface area contributed by atoms with Gasteiger partial charge in [-0.1, -0.05) is 20.8 Å². The van der Waals surface area contributed by atoms with Crippen molar-refractivity contribution in [1.82, 2.24) is 10.4 Å². The van der Waals surface area contributed by atoms with Crippen LogP contribution in [0, 0.1) is 16.7 Å². The molecule has 2 saturated carbocycles. The van der Waals surface area contributed by atoms with Crippen LogP contribution < -0.4 is 5.32 Å². The zero-order valence-corrected chi connectivity index (χ0v) is 15.4. The molecular weight excluding hydrogens is 276 g/mol. The number of nitrogens with one attached hydrogen (secondary N) is 1. The average molecular weight is 310 g/mol. The van der Waals surface area contributed by atoms with Crippen molar-refractivity contribution < 1.29 is 9.94 Å². The number of hydrogen-bond acceptors (Lipinski definition) is 4. The summed E-state index contributed by atoms with van der Waals surface area (Å²) < 4.78 is 0. The van der Waals surface area contributed by atoms with Gasteiger partial charge in [0.25, 0.3) is 0 Å². The minimum absolute atomic E-state index is 0.0232. The van der Waals surface area contributed by atoms with Crippen LogP contribution in [0.15, 0.2) is 0 Å². The van der Waals surface area contributed by atoms with Gasteiger partial charge in [-0.25, -0.2) is 0 Å². The summed E-state index contributed by atoms with van der Waals surface area (Å²) in [5.74, 6) is 0.439. The minimum Gasteiger partial charge on any atom is -0.390 e. The van der Waals surface area contributed by atoms with Crippen molar-refractivity contribution in [3.05, 3.63) is 0 Å². The molecule has 2 bridgehead atoms. The lowest BCUT2D eigenvalue weighted by atomic mass is 9.70. The van der Waals surface area contributed by atoms with E-state index in [-0.39, 0.29) is 34.1 Å². The highest BCUT2D eigenvalue weighted by atomic mass is 16.7. The Kier molecular flexibility index (Phi) is 3.55. The first-order chi connectivity index (χ1) is 9.93. The van der Waals surface area contributed by atoms with E-state index >= 15 is 0 Å². The van der Waals surface area contributed by atoms with E-state index in [4.69, 9.17) is 4.84 Å². The molecular formula is C18H34N2O2. The number of rotatable bonds is 2. The maximum absolute atomic E-state index is 11.0. The van der Waals surface area contributed by atoms with E-state index in [1.807, 2.05) is 0 Å². The number of aliphatic hydroxyl groups is 1. The summed E-state index contributed by atoms with van der Waals surface area (Å²) in [5, 5.41) is 16.7. The van der Waals surface area contributed by atoms with Crippen LogP contribution in [-0.2, 0) is 4.84 Å². The predicted octanol–water partition coefficient (Wildman–Crippen LogP) is 2.57. The molecule has 4 atom stereocenters.